The fraction of sp³-hybridized carbons (Fsp3) is 0.524. The number of fused-ring (bicyclic) bond motifs is 1. The molecule has 9 heteroatoms. The standard InChI is InChI=1S/C21H27FN4O4/c1-11-18-14(12-4-5-12)6-15(21(28)29)20(27)26(18)9-16(22)19(11)25-8-13(7-23-2)17(10-25)24-30-3/h6,9,12-13,17,23-24H,4-5,7-8,10H2,1-3H3,(H,28,29). The monoisotopic (exact) mass is 418 g/mol. The number of anilines is 1. The summed E-state index contributed by atoms with van der Waals surface area (Å²) >= 11 is 0. The Morgan fingerprint density at radius 1 is 1.37 bits per heavy atom. The molecule has 1 aliphatic carbocycles. The largest absolute Gasteiger partial charge is 0.477 e. The van der Waals surface area contributed by atoms with E-state index < -0.39 is 17.3 Å². The third-order valence-corrected chi connectivity index (χ3v) is 6.18. The van der Waals surface area contributed by atoms with Gasteiger partial charge in [-0.1, -0.05) is 0 Å². The van der Waals surface area contributed by atoms with Crippen LogP contribution < -0.4 is 21.3 Å². The number of carboxylic acids is 1. The minimum absolute atomic E-state index is 0.0250. The Morgan fingerprint density at radius 3 is 2.70 bits per heavy atom. The summed E-state index contributed by atoms with van der Waals surface area (Å²) in [4.78, 5) is 31.4. The number of hydrogen-bond donors (Lipinski definition) is 3. The SMILES string of the molecule is CNCC1CN(c2c(F)cn3c(=O)c(C(=O)O)cc(C4CC4)c3c2C)CC1NOC. The van der Waals surface area contributed by atoms with Gasteiger partial charge in [-0.15, -0.1) is 0 Å². The molecule has 8 nitrogen and oxygen atoms in total. The number of rotatable bonds is 7. The molecule has 2 fully saturated rings. The molecule has 1 saturated heterocycles. The summed E-state index contributed by atoms with van der Waals surface area (Å²) in [5.74, 6) is -1.41. The molecular weight excluding hydrogens is 391 g/mol. The van der Waals surface area contributed by atoms with Crippen LogP contribution in [0, 0.1) is 18.7 Å². The molecule has 0 radical (unpaired) electrons. The summed E-state index contributed by atoms with van der Waals surface area (Å²) in [5.41, 5.74) is 4.53. The molecule has 2 unspecified atom stereocenters. The zero-order valence-electron chi connectivity index (χ0n) is 17.4. The molecule has 2 atom stereocenters. The number of nitrogens with one attached hydrogen (secondary N) is 2. The maximum Gasteiger partial charge on any atom is 0.341 e. The first-order valence-corrected chi connectivity index (χ1v) is 10.2. The summed E-state index contributed by atoms with van der Waals surface area (Å²) < 4.78 is 16.5. The van der Waals surface area contributed by atoms with Crippen molar-refractivity contribution in [3.63, 3.8) is 0 Å². The molecule has 1 aliphatic heterocycles. The Hall–Kier alpha value is -2.49. The zero-order valence-corrected chi connectivity index (χ0v) is 17.4. The Bertz CT molecular complexity index is 1040. The molecule has 3 N–H and O–H groups in total. The van der Waals surface area contributed by atoms with Crippen LogP contribution in [-0.4, -0.2) is 55.3 Å². The lowest BCUT2D eigenvalue weighted by Crippen LogP contribution is -2.39. The van der Waals surface area contributed by atoms with Crippen LogP contribution in [0.5, 0.6) is 0 Å². The number of pyridine rings is 2. The number of hydroxylamine groups is 1. The molecule has 2 aromatic rings. The van der Waals surface area contributed by atoms with Crippen molar-refractivity contribution >= 4 is 17.2 Å². The topological polar surface area (TPSA) is 95.3 Å². The summed E-state index contributed by atoms with van der Waals surface area (Å²) in [6, 6.07) is 1.51. The molecule has 1 saturated carbocycles. The van der Waals surface area contributed by atoms with E-state index in [-0.39, 0.29) is 23.4 Å². The van der Waals surface area contributed by atoms with Crippen LogP contribution in [-0.2, 0) is 4.84 Å². The van der Waals surface area contributed by atoms with Gasteiger partial charge in [0.05, 0.1) is 30.6 Å². The van der Waals surface area contributed by atoms with Gasteiger partial charge in [-0.05, 0) is 49.9 Å². The number of aromatic carboxylic acids is 1. The summed E-state index contributed by atoms with van der Waals surface area (Å²) in [6.45, 7) is 3.75. The average Bonchev–Trinajstić information content (AvgIpc) is 3.46. The highest BCUT2D eigenvalue weighted by Gasteiger charge is 2.36. The van der Waals surface area contributed by atoms with Gasteiger partial charge in [-0.3, -0.25) is 9.20 Å². The zero-order chi connectivity index (χ0) is 21.6. The second kappa shape index (κ2) is 7.98. The molecule has 2 aliphatic rings. The van der Waals surface area contributed by atoms with Gasteiger partial charge in [0.25, 0.3) is 5.56 Å². The maximum absolute atomic E-state index is 15.3. The van der Waals surface area contributed by atoms with Gasteiger partial charge in [0.1, 0.15) is 5.56 Å². The molecule has 3 heterocycles. The van der Waals surface area contributed by atoms with E-state index in [0.29, 0.717) is 29.9 Å². The number of aryl methyl sites for hydroxylation is 1. The van der Waals surface area contributed by atoms with Crippen LogP contribution >= 0.6 is 0 Å². The van der Waals surface area contributed by atoms with Crippen LogP contribution in [0.3, 0.4) is 0 Å². The number of halogens is 1. The van der Waals surface area contributed by atoms with E-state index in [4.69, 9.17) is 4.84 Å². The smallest absolute Gasteiger partial charge is 0.341 e. The predicted octanol–water partition coefficient (Wildman–Crippen LogP) is 1.50. The normalized spacial score (nSPS) is 21.5. The van der Waals surface area contributed by atoms with Crippen molar-refractivity contribution in [2.75, 3.05) is 38.7 Å². The first-order valence-electron chi connectivity index (χ1n) is 10.2. The quantitative estimate of drug-likeness (QED) is 0.587. The van der Waals surface area contributed by atoms with E-state index in [2.05, 4.69) is 10.8 Å². The second-order valence-electron chi connectivity index (χ2n) is 8.22. The molecule has 0 spiro atoms. The van der Waals surface area contributed by atoms with Crippen LogP contribution in [0.4, 0.5) is 10.1 Å². The third-order valence-electron chi connectivity index (χ3n) is 6.18. The van der Waals surface area contributed by atoms with Gasteiger partial charge in [0.15, 0.2) is 5.82 Å². The second-order valence-corrected chi connectivity index (χ2v) is 8.22. The van der Waals surface area contributed by atoms with Gasteiger partial charge in [0.2, 0.25) is 0 Å². The van der Waals surface area contributed by atoms with Crippen LogP contribution in [0.15, 0.2) is 17.1 Å². The third kappa shape index (κ3) is 3.46. The van der Waals surface area contributed by atoms with E-state index >= 15 is 4.39 Å². The van der Waals surface area contributed by atoms with Gasteiger partial charge in [0, 0.05) is 25.6 Å². The number of nitrogens with zero attached hydrogens (tertiary/aromatic N) is 2. The first kappa shape index (κ1) is 20.8. The average molecular weight is 418 g/mol. The highest BCUT2D eigenvalue weighted by Crippen LogP contribution is 2.44. The Kier molecular flexibility index (Phi) is 5.52. The number of carbonyl (C=O) groups is 1. The fourth-order valence-electron chi connectivity index (χ4n) is 4.70. The van der Waals surface area contributed by atoms with Crippen LogP contribution in [0.1, 0.15) is 40.2 Å². The predicted molar refractivity (Wildman–Crippen MR) is 111 cm³/mol. The van der Waals surface area contributed by atoms with Crippen molar-refractivity contribution in [2.24, 2.45) is 5.92 Å². The van der Waals surface area contributed by atoms with Crippen LogP contribution in [0.25, 0.3) is 5.52 Å². The van der Waals surface area contributed by atoms with Crippen molar-refractivity contribution in [1.82, 2.24) is 15.2 Å². The molecule has 30 heavy (non-hydrogen) atoms. The van der Waals surface area contributed by atoms with E-state index in [9.17, 15) is 14.7 Å². The van der Waals surface area contributed by atoms with Gasteiger partial charge in [-0.2, -0.15) is 5.48 Å². The number of hydrogen-bond acceptors (Lipinski definition) is 6. The molecule has 162 valence electrons. The summed E-state index contributed by atoms with van der Waals surface area (Å²) in [6.07, 6.45) is 3.02. The molecule has 4 rings (SSSR count). The molecule has 0 bridgehead atoms. The molecule has 2 aromatic heterocycles. The lowest BCUT2D eigenvalue weighted by atomic mass is 10.0. The minimum Gasteiger partial charge on any atom is -0.477 e. The van der Waals surface area contributed by atoms with E-state index in [1.165, 1.54) is 10.5 Å². The Labute approximate surface area is 173 Å². The van der Waals surface area contributed by atoms with Crippen molar-refractivity contribution in [3.8, 4) is 0 Å². The highest BCUT2D eigenvalue weighted by atomic mass is 19.1. The molecular formula is C21H27FN4O4. The molecule has 0 aromatic carbocycles. The summed E-state index contributed by atoms with van der Waals surface area (Å²) in [5, 5.41) is 12.6. The first-order chi connectivity index (χ1) is 14.4. The van der Waals surface area contributed by atoms with Crippen molar-refractivity contribution in [3.05, 3.63) is 45.1 Å². The lowest BCUT2D eigenvalue weighted by molar-refractivity contribution is 0.0541. The van der Waals surface area contributed by atoms with Gasteiger partial charge in [-0.25, -0.2) is 9.18 Å². The maximum atomic E-state index is 15.3. The molecule has 0 amide bonds. The van der Waals surface area contributed by atoms with Crippen molar-refractivity contribution in [1.29, 1.82) is 0 Å². The van der Waals surface area contributed by atoms with Gasteiger partial charge >= 0.3 is 5.97 Å². The highest BCUT2D eigenvalue weighted by molar-refractivity contribution is 5.89. The minimum atomic E-state index is -1.29. The van der Waals surface area contributed by atoms with Crippen molar-refractivity contribution < 1.29 is 19.1 Å². The Morgan fingerprint density at radius 2 is 2.10 bits per heavy atom. The van der Waals surface area contributed by atoms with Gasteiger partial charge < -0.3 is 20.2 Å². The number of aromatic nitrogens is 1. The lowest BCUT2D eigenvalue weighted by Gasteiger charge is -2.24. The number of carboxylic acid groups (broad SMARTS) is 1. The van der Waals surface area contributed by atoms with Crippen LogP contribution in [0.2, 0.25) is 0 Å². The Balaban J connectivity index is 1.86. The summed E-state index contributed by atoms with van der Waals surface area (Å²) in [7, 11) is 3.44. The van der Waals surface area contributed by atoms with E-state index in [0.717, 1.165) is 31.1 Å². The van der Waals surface area contributed by atoms with E-state index in [1.807, 2.05) is 18.9 Å². The fourth-order valence-corrected chi connectivity index (χ4v) is 4.70. The van der Waals surface area contributed by atoms with E-state index in [1.54, 1.807) is 7.11 Å². The van der Waals surface area contributed by atoms with Crippen molar-refractivity contribution in [2.45, 2.75) is 31.7 Å².